The molecule has 0 bridgehead atoms. The molecule has 1 saturated heterocycles. The molecule has 0 spiro atoms. The maximum absolute atomic E-state index is 11.4. The lowest BCUT2D eigenvalue weighted by atomic mass is 9.98. The number of ether oxygens (including phenoxy) is 2. The number of carbonyl (C=O) groups excluding carboxylic acids is 1. The van der Waals surface area contributed by atoms with Crippen molar-refractivity contribution in [3.8, 4) is 0 Å². The van der Waals surface area contributed by atoms with Gasteiger partial charge in [0.1, 0.15) is 6.29 Å². The fraction of sp³-hybridized carbons (Fsp3) is 0.776. The van der Waals surface area contributed by atoms with E-state index in [2.05, 4.69) is 183 Å². The molecule has 2 aromatic rings. The third-order valence-corrected chi connectivity index (χ3v) is 35.0. The molecule has 0 radical (unpaired) electrons. The van der Waals surface area contributed by atoms with E-state index >= 15 is 0 Å². The van der Waals surface area contributed by atoms with Crippen LogP contribution >= 0.6 is 0 Å². The molecule has 0 saturated carbocycles. The molecule has 0 aromatic heterocycles. The Hall–Kier alpha value is -1.26. The van der Waals surface area contributed by atoms with Crippen molar-refractivity contribution in [3.63, 3.8) is 0 Å². The highest BCUT2D eigenvalue weighted by Crippen LogP contribution is 2.42. The van der Waals surface area contributed by atoms with E-state index in [-0.39, 0.29) is 50.7 Å². The van der Waals surface area contributed by atoms with Gasteiger partial charge in [0.05, 0.1) is 12.2 Å². The Kier molecular flexibility index (Phi) is 23.2. The van der Waals surface area contributed by atoms with Gasteiger partial charge in [0.25, 0.3) is 8.32 Å². The van der Waals surface area contributed by atoms with Crippen LogP contribution in [0.3, 0.4) is 0 Å². The van der Waals surface area contributed by atoms with Gasteiger partial charge in [0.15, 0.2) is 30.7 Å². The summed E-state index contributed by atoms with van der Waals surface area (Å²) in [4.78, 5) is 11.4. The van der Waals surface area contributed by atoms with Crippen LogP contribution in [-0.4, -0.2) is 82.5 Å². The van der Waals surface area contributed by atoms with Gasteiger partial charge >= 0.3 is 0 Å². The highest BCUT2D eigenvalue weighted by molar-refractivity contribution is 6.99. The maximum Gasteiger partial charge on any atom is 0.261 e. The Morgan fingerprint density at radius 1 is 0.536 bits per heavy atom. The first-order chi connectivity index (χ1) is 31.7. The molecule has 396 valence electrons. The van der Waals surface area contributed by atoms with Crippen LogP contribution in [0, 0.1) is 0 Å². The molecule has 5 atom stereocenters. The molecular weight excluding hydrogens is 921 g/mol. The highest BCUT2D eigenvalue weighted by Gasteiger charge is 2.50. The first kappa shape index (κ1) is 62.0. The minimum atomic E-state index is -2.58. The van der Waals surface area contributed by atoms with E-state index < -0.39 is 39.1 Å². The lowest BCUT2D eigenvalue weighted by Crippen LogP contribution is -2.66. The minimum absolute atomic E-state index is 0.0352. The third kappa shape index (κ3) is 18.9. The maximum atomic E-state index is 11.4. The van der Waals surface area contributed by atoms with E-state index in [4.69, 9.17) is 27.2 Å². The van der Waals surface area contributed by atoms with Gasteiger partial charge < -0.3 is 32.0 Å². The highest BCUT2D eigenvalue weighted by atomic mass is 28.4. The molecule has 2 aromatic carbocycles. The summed E-state index contributed by atoms with van der Waals surface area (Å²) >= 11 is 0. The largest absolute Gasteiger partial charge is 0.414 e. The van der Waals surface area contributed by atoms with Crippen molar-refractivity contribution in [1.82, 2.24) is 0 Å². The number of carbonyl (C=O) groups is 1. The van der Waals surface area contributed by atoms with E-state index in [9.17, 15) is 4.79 Å². The van der Waals surface area contributed by atoms with E-state index in [0.717, 1.165) is 96.4 Å². The molecule has 3 rings (SSSR count). The predicted molar refractivity (Wildman–Crippen MR) is 304 cm³/mol. The lowest BCUT2D eigenvalue weighted by molar-refractivity contribution is -0.299. The summed E-state index contributed by atoms with van der Waals surface area (Å²) in [5.41, 5.74) is 0. The zero-order valence-electron chi connectivity index (χ0n) is 48.2. The summed E-state index contributed by atoms with van der Waals surface area (Å²) in [6.45, 7) is 47.5. The average molecular weight is 1030 g/mol. The Labute approximate surface area is 429 Å². The van der Waals surface area contributed by atoms with Crippen molar-refractivity contribution in [3.05, 3.63) is 60.7 Å². The van der Waals surface area contributed by atoms with E-state index in [1.54, 1.807) is 0 Å². The molecule has 1 aliphatic rings. The van der Waals surface area contributed by atoms with Crippen LogP contribution in [0.15, 0.2) is 60.7 Å². The second-order valence-corrected chi connectivity index (χ2v) is 45.4. The second kappa shape index (κ2) is 25.8. The van der Waals surface area contributed by atoms with Gasteiger partial charge in [-0.25, -0.2) is 0 Å². The van der Waals surface area contributed by atoms with Gasteiger partial charge in [-0.15, -0.1) is 0 Å². The Morgan fingerprint density at radius 2 is 0.899 bits per heavy atom. The van der Waals surface area contributed by atoms with Gasteiger partial charge in [-0.3, -0.25) is 0 Å². The Balaban J connectivity index is 1.76. The van der Waals surface area contributed by atoms with Crippen LogP contribution in [0.2, 0.25) is 59.4 Å². The SMILES string of the molecule is CC1(C)O[C@H](CCC[C@H](CCC[C@H](CCC[C@H](CCCCO[Si](c2ccccc2)(c2ccccc2)C(C)(C)C)O[Si](C)(C)C(C)(C)C)O[Si](C)(C)C(C)(C)C)O[Si](C)(C)C(C)(C)C)C[C@H](CC=O)O1. The topological polar surface area (TPSA) is 72.5 Å². The number of hydrogen-bond donors (Lipinski definition) is 0. The van der Waals surface area contributed by atoms with E-state index in [0.29, 0.717) is 6.42 Å². The van der Waals surface area contributed by atoms with Crippen molar-refractivity contribution in [2.45, 2.75) is 283 Å². The summed E-state index contributed by atoms with van der Waals surface area (Å²) in [6.07, 6.45) is 15.3. The van der Waals surface area contributed by atoms with Crippen LogP contribution in [0.25, 0.3) is 0 Å². The Morgan fingerprint density at radius 3 is 1.26 bits per heavy atom. The van der Waals surface area contributed by atoms with Crippen molar-refractivity contribution >= 4 is 49.9 Å². The average Bonchev–Trinajstić information content (AvgIpc) is 3.20. The quantitative estimate of drug-likeness (QED) is 0.0478. The normalized spacial score (nSPS) is 19.3. The fourth-order valence-electron chi connectivity index (χ4n) is 9.40. The van der Waals surface area contributed by atoms with Crippen LogP contribution in [-0.2, 0) is 32.0 Å². The second-order valence-electron chi connectivity index (χ2n) is 26.8. The first-order valence-electron chi connectivity index (χ1n) is 27.2. The zero-order chi connectivity index (χ0) is 52.2. The third-order valence-electron chi connectivity index (χ3n) is 16.4. The molecule has 1 aliphatic heterocycles. The molecule has 0 unspecified atom stereocenters. The number of hydrogen-bond acceptors (Lipinski definition) is 7. The van der Waals surface area contributed by atoms with Crippen LogP contribution < -0.4 is 10.4 Å². The molecule has 11 heteroatoms. The van der Waals surface area contributed by atoms with Gasteiger partial charge in [0.2, 0.25) is 0 Å². The summed E-state index contributed by atoms with van der Waals surface area (Å²) < 4.78 is 41.6. The number of aldehydes is 1. The summed E-state index contributed by atoms with van der Waals surface area (Å²) in [5, 5.41) is 3.05. The van der Waals surface area contributed by atoms with E-state index in [1.807, 2.05) is 13.8 Å². The summed E-state index contributed by atoms with van der Waals surface area (Å²) in [7, 11) is -8.62. The summed E-state index contributed by atoms with van der Waals surface area (Å²) in [6, 6.07) is 22.1. The number of unbranched alkanes of at least 4 members (excludes halogenated alkanes) is 1. The molecule has 7 nitrogen and oxygen atoms in total. The monoisotopic (exact) mass is 1030 g/mol. The Bertz CT molecular complexity index is 1730. The van der Waals surface area contributed by atoms with Crippen LogP contribution in [0.1, 0.15) is 187 Å². The van der Waals surface area contributed by atoms with Crippen molar-refractivity contribution in [1.29, 1.82) is 0 Å². The molecule has 1 heterocycles. The van der Waals surface area contributed by atoms with Crippen molar-refractivity contribution < 1.29 is 32.0 Å². The first-order valence-corrected chi connectivity index (χ1v) is 37.9. The molecule has 0 amide bonds. The van der Waals surface area contributed by atoms with Crippen molar-refractivity contribution in [2.24, 2.45) is 0 Å². The lowest BCUT2D eigenvalue weighted by Gasteiger charge is -2.43. The molecule has 1 fully saturated rings. The molecule has 69 heavy (non-hydrogen) atoms. The molecular formula is C58H106O7Si4. The van der Waals surface area contributed by atoms with E-state index in [1.165, 1.54) is 10.4 Å². The summed E-state index contributed by atoms with van der Waals surface area (Å²) in [5.74, 6) is -0.675. The van der Waals surface area contributed by atoms with Crippen LogP contribution in [0.5, 0.6) is 0 Å². The van der Waals surface area contributed by atoms with Gasteiger partial charge in [-0.1, -0.05) is 144 Å². The molecule has 0 N–H and O–H groups in total. The van der Waals surface area contributed by atoms with Gasteiger partial charge in [-0.2, -0.15) is 0 Å². The number of benzene rings is 2. The van der Waals surface area contributed by atoms with Gasteiger partial charge in [-0.05, 0) is 161 Å². The van der Waals surface area contributed by atoms with Crippen molar-refractivity contribution in [2.75, 3.05) is 6.61 Å². The molecule has 0 aliphatic carbocycles. The number of rotatable bonds is 28. The van der Waals surface area contributed by atoms with Gasteiger partial charge in [0, 0.05) is 37.8 Å². The zero-order valence-corrected chi connectivity index (χ0v) is 52.2. The van der Waals surface area contributed by atoms with Crippen LogP contribution in [0.4, 0.5) is 0 Å². The minimum Gasteiger partial charge on any atom is -0.414 e. The smallest absolute Gasteiger partial charge is 0.261 e. The standard InChI is InChI=1S/C58H106O7Si4/c1-54(2,3)66(15,16)63-47(32-27-28-45-60-69(57(10,11)12,52-39-23-21-24-40-52)53-41-25-22-26-42-53)33-29-34-48(64-67(17,18)55(4,5)6)35-30-36-49(65-68(19,20)56(7,8)9)37-31-38-50-46-51(43-44-59)62-58(13,14)61-50/h21-26,39-42,44,47-51H,27-38,43,45-46H2,1-20H3/t47-,48-,49-,50+,51-/m0/s1. The predicted octanol–water partition coefficient (Wildman–Crippen LogP) is 15.9. The fourth-order valence-corrected chi connectivity index (χ4v) is 18.3.